The number of nitrogens with one attached hydrogen (secondary N) is 1. The van der Waals surface area contributed by atoms with E-state index in [-0.39, 0.29) is 30.1 Å². The van der Waals surface area contributed by atoms with E-state index in [1.165, 1.54) is 0 Å². The van der Waals surface area contributed by atoms with E-state index in [0.29, 0.717) is 18.8 Å². The van der Waals surface area contributed by atoms with Crippen LogP contribution in [0.15, 0.2) is 24.3 Å². The molecule has 6 nitrogen and oxygen atoms in total. The molecule has 1 aliphatic carbocycles. The number of rotatable bonds is 4. The number of nitrogens with zero attached hydrogens (tertiary/aromatic N) is 1. The van der Waals surface area contributed by atoms with Gasteiger partial charge < -0.3 is 19.7 Å². The van der Waals surface area contributed by atoms with E-state index in [4.69, 9.17) is 9.47 Å². The maximum Gasteiger partial charge on any atom is 0.254 e. The molecule has 2 saturated heterocycles. The Hall–Kier alpha value is -1.92. The zero-order valence-corrected chi connectivity index (χ0v) is 14.3. The standard InChI is InChI=1S/C19H24N2O4/c22-17(13-4-5-13)20-15-8-6-14(7-9-15)18(23)21-10-2-1-3-16(21)19-24-11-12-25-19/h6-9,13,16,19H,1-5,10-12H2,(H,20,22). The average molecular weight is 344 g/mol. The molecule has 1 aromatic carbocycles. The SMILES string of the molecule is O=C(Nc1ccc(C(=O)N2CCCCC2C2OCCO2)cc1)C1CC1. The van der Waals surface area contributed by atoms with E-state index in [9.17, 15) is 9.59 Å². The Bertz CT molecular complexity index is 635. The molecular weight excluding hydrogens is 320 g/mol. The highest BCUT2D eigenvalue weighted by molar-refractivity contribution is 5.97. The van der Waals surface area contributed by atoms with Gasteiger partial charge in [0.05, 0.1) is 19.3 Å². The van der Waals surface area contributed by atoms with Gasteiger partial charge in [-0.15, -0.1) is 0 Å². The first-order valence-corrected chi connectivity index (χ1v) is 9.17. The topological polar surface area (TPSA) is 67.9 Å². The number of ether oxygens (including phenoxy) is 2. The van der Waals surface area contributed by atoms with Crippen molar-refractivity contribution in [3.8, 4) is 0 Å². The van der Waals surface area contributed by atoms with E-state index in [0.717, 1.165) is 44.3 Å². The van der Waals surface area contributed by atoms with Crippen molar-refractivity contribution in [2.24, 2.45) is 5.92 Å². The Labute approximate surface area is 147 Å². The Balaban J connectivity index is 1.44. The van der Waals surface area contributed by atoms with Crippen LogP contribution in [0.5, 0.6) is 0 Å². The third-order valence-corrected chi connectivity index (χ3v) is 5.12. The number of likely N-dealkylation sites (tertiary alicyclic amines) is 1. The second-order valence-electron chi connectivity index (χ2n) is 7.01. The molecule has 3 aliphatic rings. The Morgan fingerprint density at radius 2 is 1.72 bits per heavy atom. The first-order chi connectivity index (χ1) is 12.2. The molecule has 134 valence electrons. The highest BCUT2D eigenvalue weighted by Crippen LogP contribution is 2.30. The van der Waals surface area contributed by atoms with Crippen LogP contribution in [-0.4, -0.2) is 48.8 Å². The number of anilines is 1. The molecular formula is C19H24N2O4. The number of amides is 2. The molecule has 0 spiro atoms. The van der Waals surface area contributed by atoms with Crippen molar-refractivity contribution in [3.05, 3.63) is 29.8 Å². The Morgan fingerprint density at radius 3 is 2.40 bits per heavy atom. The fraction of sp³-hybridized carbons (Fsp3) is 0.579. The average Bonchev–Trinajstić information content (AvgIpc) is 3.37. The molecule has 0 radical (unpaired) electrons. The number of hydrogen-bond donors (Lipinski definition) is 1. The lowest BCUT2D eigenvalue weighted by Gasteiger charge is -2.38. The van der Waals surface area contributed by atoms with Gasteiger partial charge >= 0.3 is 0 Å². The van der Waals surface area contributed by atoms with E-state index >= 15 is 0 Å². The predicted octanol–water partition coefficient (Wildman–Crippen LogP) is 2.40. The Morgan fingerprint density at radius 1 is 1.00 bits per heavy atom. The number of carbonyl (C=O) groups is 2. The van der Waals surface area contributed by atoms with Crippen LogP contribution < -0.4 is 5.32 Å². The molecule has 1 aromatic rings. The van der Waals surface area contributed by atoms with Crippen molar-refractivity contribution in [2.75, 3.05) is 25.1 Å². The number of hydrogen-bond acceptors (Lipinski definition) is 4. The van der Waals surface area contributed by atoms with Gasteiger partial charge in [-0.3, -0.25) is 9.59 Å². The number of carbonyl (C=O) groups excluding carboxylic acids is 2. The zero-order chi connectivity index (χ0) is 17.2. The summed E-state index contributed by atoms with van der Waals surface area (Å²) in [7, 11) is 0. The second-order valence-corrected chi connectivity index (χ2v) is 7.01. The number of benzene rings is 1. The molecule has 0 aromatic heterocycles. The molecule has 2 aliphatic heterocycles. The zero-order valence-electron chi connectivity index (χ0n) is 14.3. The normalized spacial score (nSPS) is 24.3. The first-order valence-electron chi connectivity index (χ1n) is 9.17. The smallest absolute Gasteiger partial charge is 0.254 e. The molecule has 4 rings (SSSR count). The van der Waals surface area contributed by atoms with Gasteiger partial charge in [-0.1, -0.05) is 0 Å². The Kier molecular flexibility index (Phi) is 4.72. The molecule has 2 amide bonds. The lowest BCUT2D eigenvalue weighted by atomic mass is 10.00. The molecule has 1 unspecified atom stereocenters. The summed E-state index contributed by atoms with van der Waals surface area (Å²) in [4.78, 5) is 26.6. The number of piperidine rings is 1. The van der Waals surface area contributed by atoms with Crippen LogP contribution in [0.2, 0.25) is 0 Å². The third-order valence-electron chi connectivity index (χ3n) is 5.12. The maximum atomic E-state index is 12.9. The fourth-order valence-corrected chi connectivity index (χ4v) is 3.54. The summed E-state index contributed by atoms with van der Waals surface area (Å²) in [6.07, 6.45) is 4.65. The molecule has 1 saturated carbocycles. The molecule has 25 heavy (non-hydrogen) atoms. The minimum absolute atomic E-state index is 0.00358. The van der Waals surface area contributed by atoms with E-state index < -0.39 is 0 Å². The second kappa shape index (κ2) is 7.14. The first kappa shape index (κ1) is 16.5. The maximum absolute atomic E-state index is 12.9. The molecule has 0 bridgehead atoms. The summed E-state index contributed by atoms with van der Waals surface area (Å²) >= 11 is 0. The summed E-state index contributed by atoms with van der Waals surface area (Å²) in [5.74, 6) is 0.247. The summed E-state index contributed by atoms with van der Waals surface area (Å²) < 4.78 is 11.3. The molecule has 1 N–H and O–H groups in total. The lowest BCUT2D eigenvalue weighted by Crippen LogP contribution is -2.50. The van der Waals surface area contributed by atoms with Crippen molar-refractivity contribution < 1.29 is 19.1 Å². The molecule has 2 heterocycles. The van der Waals surface area contributed by atoms with Gasteiger partial charge in [0.25, 0.3) is 5.91 Å². The van der Waals surface area contributed by atoms with Gasteiger partial charge in [0, 0.05) is 23.7 Å². The van der Waals surface area contributed by atoms with E-state index in [1.807, 2.05) is 4.90 Å². The van der Waals surface area contributed by atoms with Crippen molar-refractivity contribution in [1.82, 2.24) is 4.90 Å². The van der Waals surface area contributed by atoms with Gasteiger partial charge in [0.2, 0.25) is 5.91 Å². The van der Waals surface area contributed by atoms with Crippen molar-refractivity contribution >= 4 is 17.5 Å². The van der Waals surface area contributed by atoms with Gasteiger partial charge in [0.15, 0.2) is 6.29 Å². The third kappa shape index (κ3) is 3.70. The predicted molar refractivity (Wildman–Crippen MR) is 92.2 cm³/mol. The van der Waals surface area contributed by atoms with Gasteiger partial charge in [-0.25, -0.2) is 0 Å². The molecule has 1 atom stereocenters. The van der Waals surface area contributed by atoms with Crippen LogP contribution >= 0.6 is 0 Å². The summed E-state index contributed by atoms with van der Waals surface area (Å²) in [5.41, 5.74) is 1.38. The van der Waals surface area contributed by atoms with Gasteiger partial charge in [-0.2, -0.15) is 0 Å². The van der Waals surface area contributed by atoms with Gasteiger partial charge in [0.1, 0.15) is 0 Å². The van der Waals surface area contributed by atoms with Crippen molar-refractivity contribution in [1.29, 1.82) is 0 Å². The molecule has 3 fully saturated rings. The summed E-state index contributed by atoms with van der Waals surface area (Å²) in [6, 6.07) is 7.15. The van der Waals surface area contributed by atoms with Crippen LogP contribution in [0.25, 0.3) is 0 Å². The van der Waals surface area contributed by atoms with E-state index in [1.54, 1.807) is 24.3 Å². The van der Waals surface area contributed by atoms with Crippen LogP contribution in [0.1, 0.15) is 42.5 Å². The highest BCUT2D eigenvalue weighted by atomic mass is 16.7. The highest BCUT2D eigenvalue weighted by Gasteiger charge is 2.36. The minimum atomic E-state index is -0.304. The van der Waals surface area contributed by atoms with Crippen molar-refractivity contribution in [3.63, 3.8) is 0 Å². The quantitative estimate of drug-likeness (QED) is 0.911. The summed E-state index contributed by atoms with van der Waals surface area (Å²) in [6.45, 7) is 1.92. The monoisotopic (exact) mass is 344 g/mol. The molecule has 6 heteroatoms. The van der Waals surface area contributed by atoms with Gasteiger partial charge in [-0.05, 0) is 56.4 Å². The minimum Gasteiger partial charge on any atom is -0.348 e. The van der Waals surface area contributed by atoms with E-state index in [2.05, 4.69) is 5.32 Å². The summed E-state index contributed by atoms with van der Waals surface area (Å²) in [5, 5.41) is 2.90. The van der Waals surface area contributed by atoms with Crippen LogP contribution in [0.4, 0.5) is 5.69 Å². The van der Waals surface area contributed by atoms with Crippen molar-refractivity contribution in [2.45, 2.75) is 44.4 Å². The largest absolute Gasteiger partial charge is 0.348 e. The lowest BCUT2D eigenvalue weighted by molar-refractivity contribution is -0.117. The fourth-order valence-electron chi connectivity index (χ4n) is 3.54. The van der Waals surface area contributed by atoms with Crippen LogP contribution in [0.3, 0.4) is 0 Å². The van der Waals surface area contributed by atoms with Crippen LogP contribution in [0, 0.1) is 5.92 Å². The van der Waals surface area contributed by atoms with Crippen LogP contribution in [-0.2, 0) is 14.3 Å².